The minimum absolute atomic E-state index is 0.275. The number of carboxylic acid groups (broad SMARTS) is 1. The predicted octanol–water partition coefficient (Wildman–Crippen LogP) is 0.0922. The predicted molar refractivity (Wildman–Crippen MR) is 46.5 cm³/mol. The summed E-state index contributed by atoms with van der Waals surface area (Å²) in [6.07, 6.45) is 3.33. The molecule has 6 heteroatoms. The van der Waals surface area contributed by atoms with Crippen LogP contribution in [0.1, 0.15) is 17.8 Å². The van der Waals surface area contributed by atoms with Crippen molar-refractivity contribution in [3.8, 4) is 0 Å². The molecule has 2 rings (SSSR count). The summed E-state index contributed by atoms with van der Waals surface area (Å²) in [4.78, 5) is 14.6. The van der Waals surface area contributed by atoms with E-state index in [-0.39, 0.29) is 11.4 Å². The highest BCUT2D eigenvalue weighted by Crippen LogP contribution is 2.18. The van der Waals surface area contributed by atoms with E-state index in [0.717, 1.165) is 25.1 Å². The van der Waals surface area contributed by atoms with Crippen LogP contribution in [0.4, 0.5) is 0 Å². The van der Waals surface area contributed by atoms with E-state index < -0.39 is 5.97 Å². The van der Waals surface area contributed by atoms with Crippen LogP contribution in [0, 0.1) is 0 Å². The van der Waals surface area contributed by atoms with Crippen molar-refractivity contribution in [2.45, 2.75) is 19.4 Å². The Hall–Kier alpha value is -1.85. The lowest BCUT2D eigenvalue weighted by Crippen LogP contribution is -2.16. The Balaban J connectivity index is 2.46. The lowest BCUT2D eigenvalue weighted by atomic mass is 10.2. The highest BCUT2D eigenvalue weighted by atomic mass is 16.4. The first-order valence-electron chi connectivity index (χ1n) is 4.23. The second-order valence-corrected chi connectivity index (χ2v) is 3.09. The van der Waals surface area contributed by atoms with Gasteiger partial charge >= 0.3 is 5.97 Å². The Morgan fingerprint density at radius 2 is 2.43 bits per heavy atom. The number of fused-ring (bicyclic) bond motifs is 1. The quantitative estimate of drug-likeness (QED) is 0.397. The van der Waals surface area contributed by atoms with Crippen molar-refractivity contribution in [3.05, 3.63) is 17.7 Å². The number of aryl methyl sites for hydroxylation is 1. The Morgan fingerprint density at radius 1 is 1.64 bits per heavy atom. The summed E-state index contributed by atoms with van der Waals surface area (Å²) in [6, 6.07) is 0. The van der Waals surface area contributed by atoms with Crippen molar-refractivity contribution >= 4 is 11.7 Å². The summed E-state index contributed by atoms with van der Waals surface area (Å²) in [5.41, 5.74) is 0.721. The summed E-state index contributed by atoms with van der Waals surface area (Å²) >= 11 is 0. The average molecular weight is 195 g/mol. The fourth-order valence-electron chi connectivity index (χ4n) is 1.67. The van der Waals surface area contributed by atoms with Crippen LogP contribution in [0.5, 0.6) is 0 Å². The van der Waals surface area contributed by atoms with Crippen LogP contribution >= 0.6 is 0 Å². The van der Waals surface area contributed by atoms with Crippen molar-refractivity contribution in [2.24, 2.45) is 5.16 Å². The number of carboxylic acids is 1. The number of aliphatic carboxylic acids is 1. The zero-order valence-electron chi connectivity index (χ0n) is 7.34. The SMILES string of the molecule is O=C(O)/C(=N\O)c1ncn2c1CCC2. The third-order valence-corrected chi connectivity index (χ3v) is 2.29. The topological polar surface area (TPSA) is 87.7 Å². The van der Waals surface area contributed by atoms with E-state index in [1.807, 2.05) is 4.57 Å². The normalized spacial score (nSPS) is 15.6. The number of rotatable bonds is 2. The minimum atomic E-state index is -1.26. The van der Waals surface area contributed by atoms with Crippen LogP contribution in [0.15, 0.2) is 11.5 Å². The summed E-state index contributed by atoms with van der Waals surface area (Å²) in [6.45, 7) is 0.848. The molecule has 74 valence electrons. The maximum atomic E-state index is 10.7. The van der Waals surface area contributed by atoms with Gasteiger partial charge < -0.3 is 14.9 Å². The van der Waals surface area contributed by atoms with Crippen molar-refractivity contribution in [1.82, 2.24) is 9.55 Å². The van der Waals surface area contributed by atoms with Gasteiger partial charge in [-0.3, -0.25) is 0 Å². The van der Waals surface area contributed by atoms with E-state index >= 15 is 0 Å². The van der Waals surface area contributed by atoms with Gasteiger partial charge in [-0.15, -0.1) is 0 Å². The molecule has 0 spiro atoms. The molecule has 2 heterocycles. The zero-order valence-corrected chi connectivity index (χ0v) is 7.34. The zero-order chi connectivity index (χ0) is 10.1. The number of imidazole rings is 1. The molecule has 0 aromatic carbocycles. The molecule has 0 fully saturated rings. The molecule has 0 amide bonds. The largest absolute Gasteiger partial charge is 0.476 e. The molecule has 1 aliphatic rings. The second-order valence-electron chi connectivity index (χ2n) is 3.09. The molecule has 6 nitrogen and oxygen atoms in total. The molecule has 0 atom stereocenters. The number of hydrogen-bond donors (Lipinski definition) is 2. The molecule has 1 aromatic heterocycles. The summed E-state index contributed by atoms with van der Waals surface area (Å²) in [5.74, 6) is -1.26. The van der Waals surface area contributed by atoms with Gasteiger partial charge in [0, 0.05) is 12.2 Å². The Morgan fingerprint density at radius 3 is 3.07 bits per heavy atom. The molecule has 14 heavy (non-hydrogen) atoms. The smallest absolute Gasteiger partial charge is 0.360 e. The first-order valence-corrected chi connectivity index (χ1v) is 4.23. The van der Waals surface area contributed by atoms with Gasteiger partial charge in [-0.1, -0.05) is 5.16 Å². The molecular formula is C8H9N3O3. The molecule has 1 aromatic rings. The third-order valence-electron chi connectivity index (χ3n) is 2.29. The molecule has 0 saturated carbocycles. The monoisotopic (exact) mass is 195 g/mol. The second kappa shape index (κ2) is 3.13. The molecule has 0 radical (unpaired) electrons. The highest BCUT2D eigenvalue weighted by molar-refractivity contribution is 6.42. The maximum Gasteiger partial charge on any atom is 0.360 e. The van der Waals surface area contributed by atoms with E-state index in [0.29, 0.717) is 0 Å². The first-order chi connectivity index (χ1) is 6.74. The van der Waals surface area contributed by atoms with Crippen molar-refractivity contribution < 1.29 is 15.1 Å². The maximum absolute atomic E-state index is 10.7. The molecule has 2 N–H and O–H groups in total. The standard InChI is InChI=1S/C8H9N3O3/c12-8(13)7(10-14)6-5-2-1-3-11(5)4-9-6/h4,14H,1-3H2,(H,12,13)/b10-7-. The van der Waals surface area contributed by atoms with Crippen molar-refractivity contribution in [1.29, 1.82) is 0 Å². The summed E-state index contributed by atoms with van der Waals surface area (Å²) in [5, 5.41) is 20.0. The van der Waals surface area contributed by atoms with E-state index in [1.54, 1.807) is 6.33 Å². The molecule has 0 aliphatic carbocycles. The molecule has 1 aliphatic heterocycles. The lowest BCUT2D eigenvalue weighted by molar-refractivity contribution is -0.129. The van der Waals surface area contributed by atoms with E-state index in [1.165, 1.54) is 0 Å². The van der Waals surface area contributed by atoms with Gasteiger partial charge in [0.25, 0.3) is 0 Å². The molecule has 0 unspecified atom stereocenters. The Labute approximate surface area is 79.5 Å². The number of carbonyl (C=O) groups is 1. The van der Waals surface area contributed by atoms with Crippen LogP contribution in [0.2, 0.25) is 0 Å². The summed E-state index contributed by atoms with van der Waals surface area (Å²) in [7, 11) is 0. The number of aromatic nitrogens is 2. The Bertz CT molecular complexity index is 408. The van der Waals surface area contributed by atoms with Gasteiger partial charge in [-0.2, -0.15) is 0 Å². The van der Waals surface area contributed by atoms with Gasteiger partial charge in [-0.25, -0.2) is 9.78 Å². The van der Waals surface area contributed by atoms with E-state index in [9.17, 15) is 4.79 Å². The fourth-order valence-corrected chi connectivity index (χ4v) is 1.67. The fraction of sp³-hybridized carbons (Fsp3) is 0.375. The molecule has 0 saturated heterocycles. The van der Waals surface area contributed by atoms with Crippen LogP contribution in [0.3, 0.4) is 0 Å². The van der Waals surface area contributed by atoms with Crippen molar-refractivity contribution in [2.75, 3.05) is 0 Å². The van der Waals surface area contributed by atoms with Crippen LogP contribution < -0.4 is 0 Å². The number of hydrogen-bond acceptors (Lipinski definition) is 4. The van der Waals surface area contributed by atoms with E-state index in [2.05, 4.69) is 10.1 Å². The number of oxime groups is 1. The van der Waals surface area contributed by atoms with Gasteiger partial charge in [0.05, 0.1) is 6.33 Å². The molecular weight excluding hydrogens is 186 g/mol. The molecule has 0 bridgehead atoms. The van der Waals surface area contributed by atoms with Gasteiger partial charge in [-0.05, 0) is 12.8 Å². The van der Waals surface area contributed by atoms with Crippen LogP contribution in [0.25, 0.3) is 0 Å². The van der Waals surface area contributed by atoms with Gasteiger partial charge in [0.1, 0.15) is 5.69 Å². The average Bonchev–Trinajstić information content (AvgIpc) is 2.69. The van der Waals surface area contributed by atoms with E-state index in [4.69, 9.17) is 10.3 Å². The highest BCUT2D eigenvalue weighted by Gasteiger charge is 2.24. The first kappa shape index (κ1) is 8.74. The number of nitrogens with zero attached hydrogens (tertiary/aromatic N) is 3. The van der Waals surface area contributed by atoms with Gasteiger partial charge in [0.2, 0.25) is 5.71 Å². The van der Waals surface area contributed by atoms with Crippen LogP contribution in [-0.2, 0) is 17.8 Å². The van der Waals surface area contributed by atoms with Gasteiger partial charge in [0.15, 0.2) is 0 Å². The third kappa shape index (κ3) is 1.15. The van der Waals surface area contributed by atoms with Crippen molar-refractivity contribution in [3.63, 3.8) is 0 Å². The Kier molecular flexibility index (Phi) is 1.95. The lowest BCUT2D eigenvalue weighted by Gasteiger charge is -1.97. The summed E-state index contributed by atoms with van der Waals surface area (Å²) < 4.78 is 1.88. The minimum Gasteiger partial charge on any atom is -0.476 e. The van der Waals surface area contributed by atoms with Crippen LogP contribution in [-0.4, -0.2) is 31.5 Å².